The summed E-state index contributed by atoms with van der Waals surface area (Å²) in [6, 6.07) is 0. The van der Waals surface area contributed by atoms with E-state index in [4.69, 9.17) is 9.47 Å². The molecule has 0 aromatic heterocycles. The van der Waals surface area contributed by atoms with E-state index in [0.29, 0.717) is 12.3 Å². The molecule has 23 heavy (non-hydrogen) atoms. The van der Waals surface area contributed by atoms with Crippen molar-refractivity contribution in [2.24, 2.45) is 0 Å². The second-order valence-corrected chi connectivity index (χ2v) is 12.2. The predicted molar refractivity (Wildman–Crippen MR) is 82.4 cm³/mol. The van der Waals surface area contributed by atoms with Crippen molar-refractivity contribution >= 4 is 21.2 Å². The Labute approximate surface area is 132 Å². The van der Waals surface area contributed by atoms with Gasteiger partial charge in [0.25, 0.3) is 0 Å². The van der Waals surface area contributed by atoms with Crippen LogP contribution in [0.2, 0.25) is 0 Å². The molecule has 11 heteroatoms. The molecule has 0 bridgehead atoms. The summed E-state index contributed by atoms with van der Waals surface area (Å²) in [4.78, 5) is 11.0. The number of cyclic esters (lactones) is 2. The van der Waals surface area contributed by atoms with Crippen LogP contribution in [0.25, 0.3) is 0 Å². The maximum absolute atomic E-state index is 11.0. The topological polar surface area (TPSA) is 35.5 Å². The molecular weight excluding hydrogens is 368 g/mol. The van der Waals surface area contributed by atoms with Gasteiger partial charge in [-0.15, -0.1) is 0 Å². The molecule has 0 N–H and O–H groups in total. The molecule has 1 heterocycles. The van der Waals surface area contributed by atoms with Crippen LogP contribution in [0.1, 0.15) is 34.1 Å². The first-order valence-corrected chi connectivity index (χ1v) is 11.8. The van der Waals surface area contributed by atoms with E-state index in [1.807, 2.05) is 0 Å². The molecule has 1 aliphatic rings. The molecule has 0 saturated carbocycles. The predicted octanol–water partition coefficient (Wildman–Crippen LogP) is 6.76. The van der Waals surface area contributed by atoms with Crippen LogP contribution >= 0.6 is 15.1 Å². The Bertz CT molecular complexity index is 388. The molecule has 1 saturated heterocycles. The standard InChI is InChI=1S/C12H24O3P.F6P/c1-5-11(10-9-14-12(13)15-10)16(6-2,7-3)8-4;1-7(2,3,4,5)6/h10-11H,5-9H2,1-4H3;/q+1;-1. The Morgan fingerprint density at radius 3 is 1.65 bits per heavy atom. The van der Waals surface area contributed by atoms with Gasteiger partial charge in [-0.3, -0.25) is 0 Å². The van der Waals surface area contributed by atoms with Crippen molar-refractivity contribution in [3.63, 3.8) is 0 Å². The van der Waals surface area contributed by atoms with Gasteiger partial charge in [-0.1, -0.05) is 6.92 Å². The third-order valence-corrected chi connectivity index (χ3v) is 9.94. The van der Waals surface area contributed by atoms with E-state index in [2.05, 4.69) is 27.7 Å². The van der Waals surface area contributed by atoms with Crippen molar-refractivity contribution in [3.8, 4) is 0 Å². The second kappa shape index (κ2) is 6.91. The van der Waals surface area contributed by atoms with E-state index >= 15 is 0 Å². The van der Waals surface area contributed by atoms with Gasteiger partial charge >= 0.3 is 39.1 Å². The zero-order valence-corrected chi connectivity index (χ0v) is 15.4. The first-order valence-electron chi connectivity index (χ1n) is 7.34. The summed E-state index contributed by atoms with van der Waals surface area (Å²) in [7, 11) is -11.6. The molecule has 0 spiro atoms. The van der Waals surface area contributed by atoms with Gasteiger partial charge < -0.3 is 9.47 Å². The van der Waals surface area contributed by atoms with Gasteiger partial charge in [0.1, 0.15) is 12.3 Å². The summed E-state index contributed by atoms with van der Waals surface area (Å²) in [6.07, 6.45) is 4.34. The molecule has 0 aliphatic carbocycles. The minimum absolute atomic E-state index is 0.00526. The molecule has 2 atom stereocenters. The third kappa shape index (κ3) is 9.55. The fourth-order valence-corrected chi connectivity index (χ4v) is 7.28. The van der Waals surface area contributed by atoms with Crippen molar-refractivity contribution in [3.05, 3.63) is 0 Å². The van der Waals surface area contributed by atoms with Gasteiger partial charge in [0.15, 0.2) is 6.10 Å². The van der Waals surface area contributed by atoms with Gasteiger partial charge in [-0.2, -0.15) is 0 Å². The van der Waals surface area contributed by atoms with Crippen LogP contribution in [0.4, 0.5) is 30.0 Å². The Balaban J connectivity index is 0.000000585. The third-order valence-electron chi connectivity index (χ3n) is 4.05. The van der Waals surface area contributed by atoms with Crippen molar-refractivity contribution in [2.75, 3.05) is 25.1 Å². The van der Waals surface area contributed by atoms with E-state index in [-0.39, 0.29) is 6.10 Å². The fourth-order valence-electron chi connectivity index (χ4n) is 2.91. The molecule has 1 rings (SSSR count). The normalized spacial score (nSPS) is 22.9. The van der Waals surface area contributed by atoms with E-state index < -0.39 is 21.2 Å². The van der Waals surface area contributed by atoms with Crippen LogP contribution < -0.4 is 0 Å². The van der Waals surface area contributed by atoms with Crippen LogP contribution in [-0.4, -0.2) is 43.0 Å². The zero-order chi connectivity index (χ0) is 18.6. The van der Waals surface area contributed by atoms with Gasteiger partial charge in [0.05, 0.1) is 18.5 Å². The van der Waals surface area contributed by atoms with E-state index in [1.165, 1.54) is 18.5 Å². The second-order valence-electron chi connectivity index (χ2n) is 5.32. The quantitative estimate of drug-likeness (QED) is 0.285. The molecule has 142 valence electrons. The summed E-state index contributed by atoms with van der Waals surface area (Å²) in [5.74, 6) is 0. The van der Waals surface area contributed by atoms with Crippen LogP contribution in [0.3, 0.4) is 0 Å². The average Bonchev–Trinajstić information content (AvgIpc) is 2.78. The van der Waals surface area contributed by atoms with Crippen LogP contribution in [-0.2, 0) is 9.47 Å². The summed E-state index contributed by atoms with van der Waals surface area (Å²) >= 11 is 0. The first-order chi connectivity index (χ1) is 10.1. The SMILES string of the molecule is CCC(C1COC(=O)O1)[P+](CC)(CC)CC.F[P-](F)(F)(F)(F)F. The Morgan fingerprint density at radius 1 is 1.04 bits per heavy atom. The molecule has 1 fully saturated rings. The van der Waals surface area contributed by atoms with Crippen molar-refractivity contribution < 1.29 is 39.4 Å². The molecule has 0 aromatic rings. The minimum atomic E-state index is -10.7. The Hall–Kier alpha value is -0.290. The van der Waals surface area contributed by atoms with Gasteiger partial charge in [0, 0.05) is 7.26 Å². The summed E-state index contributed by atoms with van der Waals surface area (Å²) in [5, 5.41) is 0. The number of carbonyl (C=O) groups excluding carboxylic acids is 1. The summed E-state index contributed by atoms with van der Waals surface area (Å²) in [6.45, 7) is 9.49. The molecule has 0 aromatic carbocycles. The number of halogens is 6. The van der Waals surface area contributed by atoms with Crippen molar-refractivity contribution in [1.82, 2.24) is 0 Å². The van der Waals surface area contributed by atoms with Crippen molar-refractivity contribution in [2.45, 2.75) is 45.9 Å². The maximum atomic E-state index is 11.0. The number of hydrogen-bond donors (Lipinski definition) is 0. The van der Waals surface area contributed by atoms with Gasteiger partial charge in [-0.05, 0) is 27.2 Å². The average molecular weight is 392 g/mol. The summed E-state index contributed by atoms with van der Waals surface area (Å²) < 4.78 is 69.4. The zero-order valence-electron chi connectivity index (χ0n) is 13.6. The van der Waals surface area contributed by atoms with Gasteiger partial charge in [-0.25, -0.2) is 4.79 Å². The fraction of sp³-hybridized carbons (Fsp3) is 0.917. The van der Waals surface area contributed by atoms with Crippen molar-refractivity contribution in [1.29, 1.82) is 0 Å². The molecule has 0 radical (unpaired) electrons. The number of hydrogen-bond acceptors (Lipinski definition) is 3. The first kappa shape index (κ1) is 22.7. The molecule has 0 amide bonds. The number of rotatable bonds is 6. The van der Waals surface area contributed by atoms with Crippen LogP contribution in [0, 0.1) is 0 Å². The molecule has 3 nitrogen and oxygen atoms in total. The Morgan fingerprint density at radius 2 is 1.43 bits per heavy atom. The number of carbonyl (C=O) groups is 1. The van der Waals surface area contributed by atoms with E-state index in [0.717, 1.165) is 6.42 Å². The summed E-state index contributed by atoms with van der Waals surface area (Å²) in [5.41, 5.74) is 0.527. The molecule has 1 aliphatic heterocycles. The van der Waals surface area contributed by atoms with Crippen LogP contribution in [0.5, 0.6) is 0 Å². The molecule has 2 unspecified atom stereocenters. The van der Waals surface area contributed by atoms with Gasteiger partial charge in [0.2, 0.25) is 0 Å². The van der Waals surface area contributed by atoms with E-state index in [9.17, 15) is 30.0 Å². The van der Waals surface area contributed by atoms with E-state index in [1.54, 1.807) is 0 Å². The monoisotopic (exact) mass is 392 g/mol. The Kier molecular flexibility index (Phi) is 6.82. The molecular formula is C12H24F6O3P2. The number of ether oxygens (including phenoxy) is 2. The van der Waals surface area contributed by atoms with Crippen LogP contribution in [0.15, 0.2) is 0 Å².